The normalized spacial score (nSPS) is 12.8. The van der Waals surface area contributed by atoms with E-state index in [1.807, 2.05) is 0 Å². The van der Waals surface area contributed by atoms with Crippen LogP contribution in [0.1, 0.15) is 39.0 Å². The number of Topliss-reactive ketones (excluding diaryl/α,β-unsaturated/α-hetero) is 1. The van der Waals surface area contributed by atoms with Gasteiger partial charge in [-0.05, 0) is 89.3 Å². The summed E-state index contributed by atoms with van der Waals surface area (Å²) < 4.78 is 135. The van der Waals surface area contributed by atoms with Gasteiger partial charge in [-0.1, -0.05) is 76.7 Å². The highest BCUT2D eigenvalue weighted by Crippen LogP contribution is 2.37. The number of alkyl halides is 3. The molecule has 56 heavy (non-hydrogen) atoms. The van der Waals surface area contributed by atoms with E-state index in [1.54, 1.807) is 0 Å². The summed E-state index contributed by atoms with van der Waals surface area (Å²) in [5.41, 5.74) is -4.36. The number of carbonyl (C=O) groups excluding carboxylic acids is 1. The number of phenolic OH excluding ortho intramolecular Hbond substituents is 1. The topological polar surface area (TPSA) is 158 Å². The van der Waals surface area contributed by atoms with Gasteiger partial charge in [-0.15, -0.1) is 0 Å². The van der Waals surface area contributed by atoms with Gasteiger partial charge in [0.05, 0.1) is 9.92 Å². The summed E-state index contributed by atoms with van der Waals surface area (Å²) in [6.07, 6.45) is -0.408. The number of halogens is 6. The van der Waals surface area contributed by atoms with Crippen LogP contribution in [0.3, 0.4) is 0 Å². The number of sulfonamides is 1. The lowest BCUT2D eigenvalue weighted by atomic mass is 10.0. The van der Waals surface area contributed by atoms with Crippen molar-refractivity contribution >= 4 is 59.9 Å². The Hall–Kier alpha value is -4.36. The minimum absolute atomic E-state index is 0.0807. The Morgan fingerprint density at radius 3 is 2.07 bits per heavy atom. The standard InChI is InChI=1S/C37H29Cl2F4NO9S3/c38-28-18-33(39)36(46)35(19-28)56(51,52)44(20-23-4-6-24(7-5-23)22-54(47)48)21-26-14-25(15-31(16-26)53-30-11-9-29(40)10-12-30)8-13-34(45)27-2-1-3-32(17-27)55(49,50)37(41,42)43/h1-7,9-12,14-19,46H,8,13,20-22H2,(H,47,48)/p-1. The zero-order valence-electron chi connectivity index (χ0n) is 28.5. The molecule has 10 nitrogen and oxygen atoms in total. The van der Waals surface area contributed by atoms with Crippen LogP contribution in [0.25, 0.3) is 0 Å². The maximum absolute atomic E-state index is 14.2. The fourth-order valence-electron chi connectivity index (χ4n) is 5.42. The smallest absolute Gasteiger partial charge is 0.501 e. The molecule has 0 heterocycles. The van der Waals surface area contributed by atoms with E-state index in [9.17, 15) is 53.1 Å². The van der Waals surface area contributed by atoms with E-state index in [4.69, 9.17) is 27.9 Å². The van der Waals surface area contributed by atoms with Crippen LogP contribution in [0.5, 0.6) is 17.2 Å². The monoisotopic (exact) mass is 872 g/mol. The fraction of sp³-hybridized carbons (Fsp3) is 0.162. The number of benzene rings is 5. The van der Waals surface area contributed by atoms with Crippen molar-refractivity contribution in [2.45, 2.75) is 47.0 Å². The molecule has 0 fully saturated rings. The number of aromatic hydroxyl groups is 1. The third-order valence-corrected chi connectivity index (χ3v) is 12.5. The Kier molecular flexibility index (Phi) is 13.3. The molecule has 1 atom stereocenters. The van der Waals surface area contributed by atoms with Gasteiger partial charge >= 0.3 is 5.51 Å². The molecule has 1 N–H and O–H groups in total. The van der Waals surface area contributed by atoms with E-state index in [0.717, 1.165) is 40.7 Å². The molecule has 5 rings (SSSR count). The fourth-order valence-corrected chi connectivity index (χ4v) is 8.85. The Morgan fingerprint density at radius 2 is 1.43 bits per heavy atom. The number of aryl methyl sites for hydroxylation is 1. The minimum atomic E-state index is -5.73. The number of rotatable bonds is 15. The second kappa shape index (κ2) is 17.4. The van der Waals surface area contributed by atoms with Gasteiger partial charge in [0.1, 0.15) is 22.2 Å². The van der Waals surface area contributed by atoms with Crippen molar-refractivity contribution in [3.05, 3.63) is 147 Å². The summed E-state index contributed by atoms with van der Waals surface area (Å²) in [4.78, 5) is 11.5. The van der Waals surface area contributed by atoms with Gasteiger partial charge < -0.3 is 14.4 Å². The van der Waals surface area contributed by atoms with E-state index in [1.165, 1.54) is 60.7 Å². The predicted molar refractivity (Wildman–Crippen MR) is 199 cm³/mol. The third kappa shape index (κ3) is 10.5. The lowest BCUT2D eigenvalue weighted by Gasteiger charge is -2.24. The second-order valence-electron chi connectivity index (χ2n) is 12.2. The van der Waals surface area contributed by atoms with Crippen LogP contribution in [-0.4, -0.2) is 46.3 Å². The lowest BCUT2D eigenvalue weighted by Crippen LogP contribution is -2.30. The van der Waals surface area contributed by atoms with Crippen LogP contribution < -0.4 is 4.74 Å². The van der Waals surface area contributed by atoms with Gasteiger partial charge in [0, 0.05) is 35.8 Å². The average molecular weight is 874 g/mol. The first kappa shape index (κ1) is 42.8. The van der Waals surface area contributed by atoms with Crippen LogP contribution >= 0.6 is 23.2 Å². The predicted octanol–water partition coefficient (Wildman–Crippen LogP) is 8.51. The van der Waals surface area contributed by atoms with E-state index in [2.05, 4.69) is 0 Å². The highest BCUT2D eigenvalue weighted by atomic mass is 35.5. The quantitative estimate of drug-likeness (QED) is 0.0619. The van der Waals surface area contributed by atoms with Gasteiger partial charge in [0.2, 0.25) is 10.0 Å². The van der Waals surface area contributed by atoms with Crippen molar-refractivity contribution in [3.63, 3.8) is 0 Å². The van der Waals surface area contributed by atoms with E-state index in [-0.39, 0.29) is 57.8 Å². The van der Waals surface area contributed by atoms with Crippen molar-refractivity contribution in [2.75, 3.05) is 0 Å². The van der Waals surface area contributed by atoms with Crippen LogP contribution in [0.4, 0.5) is 17.6 Å². The van der Waals surface area contributed by atoms with Gasteiger partial charge in [-0.2, -0.15) is 17.5 Å². The first-order valence-corrected chi connectivity index (χ1v) is 21.0. The third-order valence-electron chi connectivity index (χ3n) is 8.12. The molecule has 0 spiro atoms. The summed E-state index contributed by atoms with van der Waals surface area (Å²) >= 11 is 9.82. The SMILES string of the molecule is O=C(CCc1cc(CN(Cc2ccc(CS(=O)[O-])cc2)S(=O)(=O)c2cc(Cl)cc(Cl)c2O)cc(Oc2ccc(F)cc2)c1)c1cccc(S(=O)(=O)C(F)(F)F)c1. The molecule has 0 saturated heterocycles. The Balaban J connectivity index is 1.52. The molecule has 0 aromatic heterocycles. The van der Waals surface area contributed by atoms with Crippen molar-refractivity contribution in [1.29, 1.82) is 0 Å². The van der Waals surface area contributed by atoms with Crippen LogP contribution in [0.15, 0.2) is 113 Å². The van der Waals surface area contributed by atoms with E-state index in [0.29, 0.717) is 22.8 Å². The number of ether oxygens (including phenoxy) is 1. The second-order valence-corrected chi connectivity index (χ2v) is 17.8. The zero-order valence-corrected chi connectivity index (χ0v) is 32.5. The maximum atomic E-state index is 14.2. The van der Waals surface area contributed by atoms with E-state index < -0.39 is 70.1 Å². The highest BCUT2D eigenvalue weighted by Gasteiger charge is 2.47. The molecule has 5 aromatic rings. The Morgan fingerprint density at radius 1 is 0.804 bits per heavy atom. The first-order valence-electron chi connectivity index (χ1n) is 16.1. The number of hydrogen-bond acceptors (Lipinski definition) is 9. The average Bonchev–Trinajstić information content (AvgIpc) is 3.12. The zero-order chi connectivity index (χ0) is 41.0. The van der Waals surface area contributed by atoms with Gasteiger partial charge in [-0.3, -0.25) is 9.00 Å². The summed E-state index contributed by atoms with van der Waals surface area (Å²) in [7, 11) is -10.4. The van der Waals surface area contributed by atoms with Gasteiger partial charge in [0.15, 0.2) is 11.5 Å². The molecule has 5 aromatic carbocycles. The molecule has 1 unspecified atom stereocenters. The molecule has 0 aliphatic heterocycles. The number of hydrogen-bond donors (Lipinski definition) is 1. The van der Waals surface area contributed by atoms with Crippen LogP contribution in [-0.2, 0) is 56.2 Å². The maximum Gasteiger partial charge on any atom is 0.501 e. The molecule has 0 aliphatic carbocycles. The van der Waals surface area contributed by atoms with Crippen molar-refractivity contribution in [3.8, 4) is 17.2 Å². The molecule has 296 valence electrons. The van der Waals surface area contributed by atoms with Crippen molar-refractivity contribution in [2.24, 2.45) is 0 Å². The molecular weight excluding hydrogens is 846 g/mol. The molecule has 0 radical (unpaired) electrons. The van der Waals surface area contributed by atoms with Crippen LogP contribution in [0.2, 0.25) is 10.0 Å². The van der Waals surface area contributed by atoms with Crippen molar-refractivity contribution < 1.29 is 57.8 Å². The van der Waals surface area contributed by atoms with E-state index >= 15 is 0 Å². The number of ketones is 1. The molecule has 0 amide bonds. The highest BCUT2D eigenvalue weighted by molar-refractivity contribution is 7.92. The summed E-state index contributed by atoms with van der Waals surface area (Å²) in [5, 5.41) is 10.3. The molecule has 0 aliphatic rings. The number of carbonyl (C=O) groups is 1. The summed E-state index contributed by atoms with van der Waals surface area (Å²) in [6, 6.07) is 21.2. The number of nitrogens with zero attached hydrogens (tertiary/aromatic N) is 1. The molecule has 0 saturated carbocycles. The largest absolute Gasteiger partial charge is 0.772 e. The molecule has 0 bridgehead atoms. The number of phenols is 1. The minimum Gasteiger partial charge on any atom is -0.772 e. The molecular formula is C37H28Cl2F4NO9S3-. The summed E-state index contributed by atoms with van der Waals surface area (Å²) in [5.74, 6) is -1.98. The van der Waals surface area contributed by atoms with Crippen LogP contribution in [0, 0.1) is 5.82 Å². The number of sulfone groups is 1. The Labute approximate surface area is 331 Å². The van der Waals surface area contributed by atoms with Gasteiger partial charge in [-0.25, -0.2) is 21.2 Å². The first-order chi connectivity index (χ1) is 26.2. The van der Waals surface area contributed by atoms with Crippen molar-refractivity contribution in [1.82, 2.24) is 4.31 Å². The lowest BCUT2D eigenvalue weighted by molar-refractivity contribution is -0.0436. The molecule has 19 heteroatoms. The Bertz CT molecular complexity index is 2500. The summed E-state index contributed by atoms with van der Waals surface area (Å²) in [6.45, 7) is -0.724. The van der Waals surface area contributed by atoms with Gasteiger partial charge in [0.25, 0.3) is 9.84 Å².